The van der Waals surface area contributed by atoms with Crippen LogP contribution in [0.1, 0.15) is 12.0 Å². The van der Waals surface area contributed by atoms with Gasteiger partial charge in [0.25, 0.3) is 0 Å². The first-order valence-corrected chi connectivity index (χ1v) is 7.31. The van der Waals surface area contributed by atoms with Gasteiger partial charge in [0, 0.05) is 22.9 Å². The number of carbonyl (C=O) groups is 1. The van der Waals surface area contributed by atoms with Gasteiger partial charge in [0.05, 0.1) is 12.5 Å². The third-order valence-electron chi connectivity index (χ3n) is 2.91. The summed E-state index contributed by atoms with van der Waals surface area (Å²) in [5.74, 6) is 5.06. The Morgan fingerprint density at radius 2 is 2.10 bits per heavy atom. The number of nitrogens with zero attached hydrogens (tertiary/aromatic N) is 1. The SMILES string of the molecule is CNC/C(N)=C/N(N)C(CC(=O)O)Cc1ccc(Br)cc1. The zero-order chi connectivity index (χ0) is 15.8. The molecule has 0 fully saturated rings. The summed E-state index contributed by atoms with van der Waals surface area (Å²) in [6.45, 7) is 0.492. The number of hydrogen-bond donors (Lipinski definition) is 4. The molecule has 0 amide bonds. The lowest BCUT2D eigenvalue weighted by Crippen LogP contribution is -2.41. The molecule has 21 heavy (non-hydrogen) atoms. The van der Waals surface area contributed by atoms with Gasteiger partial charge in [-0.05, 0) is 31.2 Å². The fourth-order valence-corrected chi connectivity index (χ4v) is 2.19. The Morgan fingerprint density at radius 3 is 2.62 bits per heavy atom. The Labute approximate surface area is 132 Å². The van der Waals surface area contributed by atoms with Gasteiger partial charge in [-0.25, -0.2) is 5.84 Å². The lowest BCUT2D eigenvalue weighted by molar-refractivity contribution is -0.138. The lowest BCUT2D eigenvalue weighted by Gasteiger charge is -2.25. The summed E-state index contributed by atoms with van der Waals surface area (Å²) in [5.41, 5.74) is 7.35. The first-order chi connectivity index (χ1) is 9.92. The van der Waals surface area contributed by atoms with Crippen molar-refractivity contribution in [2.75, 3.05) is 13.6 Å². The molecule has 7 heteroatoms. The summed E-state index contributed by atoms with van der Waals surface area (Å²) in [6, 6.07) is 7.35. The van der Waals surface area contributed by atoms with Crippen molar-refractivity contribution < 1.29 is 9.90 Å². The summed E-state index contributed by atoms with van der Waals surface area (Å²) >= 11 is 3.37. The summed E-state index contributed by atoms with van der Waals surface area (Å²) in [4.78, 5) is 11.0. The van der Waals surface area contributed by atoms with Crippen molar-refractivity contribution in [3.05, 3.63) is 46.2 Å². The Kier molecular flexibility index (Phi) is 7.21. The third kappa shape index (κ3) is 6.61. The molecule has 1 aromatic carbocycles. The van der Waals surface area contributed by atoms with E-state index in [0.29, 0.717) is 18.7 Å². The minimum absolute atomic E-state index is 0.0596. The summed E-state index contributed by atoms with van der Waals surface area (Å²) < 4.78 is 0.976. The molecule has 1 atom stereocenters. The summed E-state index contributed by atoms with van der Waals surface area (Å²) in [6.07, 6.45) is 2.04. The van der Waals surface area contributed by atoms with Crippen molar-refractivity contribution in [3.63, 3.8) is 0 Å². The molecule has 116 valence electrons. The molecule has 6 nitrogen and oxygen atoms in total. The van der Waals surface area contributed by atoms with Crippen LogP contribution in [0.15, 0.2) is 40.6 Å². The van der Waals surface area contributed by atoms with Gasteiger partial charge in [-0.15, -0.1) is 0 Å². The maximum atomic E-state index is 11.0. The third-order valence-corrected chi connectivity index (χ3v) is 3.44. The molecule has 0 radical (unpaired) electrons. The maximum absolute atomic E-state index is 11.0. The molecule has 6 N–H and O–H groups in total. The van der Waals surface area contributed by atoms with E-state index in [2.05, 4.69) is 21.2 Å². The van der Waals surface area contributed by atoms with Crippen LogP contribution in [0.25, 0.3) is 0 Å². The molecule has 0 aliphatic rings. The summed E-state index contributed by atoms with van der Waals surface area (Å²) in [5, 5.41) is 13.3. The second-order valence-electron chi connectivity index (χ2n) is 4.76. The molecule has 0 saturated heterocycles. The zero-order valence-corrected chi connectivity index (χ0v) is 13.5. The van der Waals surface area contributed by atoms with Gasteiger partial charge in [-0.2, -0.15) is 0 Å². The minimum Gasteiger partial charge on any atom is -0.481 e. The van der Waals surface area contributed by atoms with Crippen molar-refractivity contribution in [2.45, 2.75) is 18.9 Å². The molecule has 0 heterocycles. The van der Waals surface area contributed by atoms with Crippen LogP contribution in [0.4, 0.5) is 0 Å². The van der Waals surface area contributed by atoms with E-state index in [1.807, 2.05) is 24.3 Å². The van der Waals surface area contributed by atoms with Gasteiger partial charge in [0.15, 0.2) is 0 Å². The number of nitrogens with two attached hydrogens (primary N) is 2. The average Bonchev–Trinajstić information content (AvgIpc) is 2.40. The number of nitrogens with one attached hydrogen (secondary N) is 1. The van der Waals surface area contributed by atoms with E-state index < -0.39 is 5.97 Å². The number of halogens is 1. The van der Waals surface area contributed by atoms with E-state index in [1.165, 1.54) is 5.01 Å². The van der Waals surface area contributed by atoms with Crippen LogP contribution in [0, 0.1) is 0 Å². The Bertz CT molecular complexity index is 490. The molecular formula is C14H21BrN4O2. The van der Waals surface area contributed by atoms with Crippen LogP contribution in [0.3, 0.4) is 0 Å². The van der Waals surface area contributed by atoms with Crippen molar-refractivity contribution in [1.29, 1.82) is 0 Å². The smallest absolute Gasteiger partial charge is 0.305 e. The molecule has 1 unspecified atom stereocenters. The predicted octanol–water partition coefficient (Wildman–Crippen LogP) is 1.03. The largest absolute Gasteiger partial charge is 0.481 e. The number of carboxylic acid groups (broad SMARTS) is 1. The second kappa shape index (κ2) is 8.66. The molecule has 0 saturated carbocycles. The molecule has 0 bridgehead atoms. The van der Waals surface area contributed by atoms with E-state index in [4.69, 9.17) is 16.7 Å². The predicted molar refractivity (Wildman–Crippen MR) is 86.1 cm³/mol. The Balaban J connectivity index is 2.81. The highest BCUT2D eigenvalue weighted by Crippen LogP contribution is 2.15. The first kappa shape index (κ1) is 17.5. The van der Waals surface area contributed by atoms with Gasteiger partial charge >= 0.3 is 5.97 Å². The highest BCUT2D eigenvalue weighted by molar-refractivity contribution is 9.10. The Morgan fingerprint density at radius 1 is 1.48 bits per heavy atom. The molecular weight excluding hydrogens is 336 g/mol. The lowest BCUT2D eigenvalue weighted by atomic mass is 10.0. The monoisotopic (exact) mass is 356 g/mol. The van der Waals surface area contributed by atoms with Crippen LogP contribution in [0.2, 0.25) is 0 Å². The van der Waals surface area contributed by atoms with Crippen molar-refractivity contribution in [1.82, 2.24) is 10.3 Å². The van der Waals surface area contributed by atoms with E-state index in [9.17, 15) is 4.79 Å². The number of hydrogen-bond acceptors (Lipinski definition) is 5. The zero-order valence-electron chi connectivity index (χ0n) is 11.9. The van der Waals surface area contributed by atoms with E-state index >= 15 is 0 Å². The quantitative estimate of drug-likeness (QED) is 0.409. The van der Waals surface area contributed by atoms with Crippen molar-refractivity contribution >= 4 is 21.9 Å². The number of rotatable bonds is 8. The topological polar surface area (TPSA) is 105 Å². The fourth-order valence-electron chi connectivity index (χ4n) is 1.92. The van der Waals surface area contributed by atoms with Gasteiger partial charge in [0.2, 0.25) is 0 Å². The number of carboxylic acids is 1. The second-order valence-corrected chi connectivity index (χ2v) is 5.68. The van der Waals surface area contributed by atoms with Gasteiger partial charge in [-0.3, -0.25) is 4.79 Å². The van der Waals surface area contributed by atoms with Crippen LogP contribution in [-0.4, -0.2) is 35.7 Å². The number of likely N-dealkylation sites (N-methyl/N-ethyl adjacent to an activating group) is 1. The fraction of sp³-hybridized carbons (Fsp3) is 0.357. The molecule has 0 aliphatic carbocycles. The van der Waals surface area contributed by atoms with Crippen LogP contribution in [0.5, 0.6) is 0 Å². The van der Waals surface area contributed by atoms with Crippen LogP contribution >= 0.6 is 15.9 Å². The average molecular weight is 357 g/mol. The molecule has 0 aliphatic heterocycles. The van der Waals surface area contributed by atoms with Gasteiger partial charge < -0.3 is 21.2 Å². The summed E-state index contributed by atoms with van der Waals surface area (Å²) in [7, 11) is 1.78. The van der Waals surface area contributed by atoms with E-state index in [0.717, 1.165) is 10.0 Å². The number of benzene rings is 1. The van der Waals surface area contributed by atoms with E-state index in [-0.39, 0.29) is 12.5 Å². The van der Waals surface area contributed by atoms with Crippen LogP contribution in [-0.2, 0) is 11.2 Å². The molecule has 1 aromatic rings. The van der Waals surface area contributed by atoms with Gasteiger partial charge in [0.1, 0.15) is 0 Å². The maximum Gasteiger partial charge on any atom is 0.305 e. The minimum atomic E-state index is -0.895. The van der Waals surface area contributed by atoms with Gasteiger partial charge in [-0.1, -0.05) is 28.1 Å². The Hall–Kier alpha value is -1.57. The number of hydrazine groups is 1. The molecule has 0 aromatic heterocycles. The van der Waals surface area contributed by atoms with Crippen molar-refractivity contribution in [3.8, 4) is 0 Å². The standard InChI is InChI=1S/C14H21BrN4O2/c1-18-8-12(16)9-19(17)13(7-14(20)21)6-10-2-4-11(15)5-3-10/h2-5,9,13,18H,6-8,16-17H2,1H3,(H,20,21)/b12-9-. The van der Waals surface area contributed by atoms with E-state index in [1.54, 1.807) is 13.2 Å². The molecule has 1 rings (SSSR count). The highest BCUT2D eigenvalue weighted by atomic mass is 79.9. The first-order valence-electron chi connectivity index (χ1n) is 6.52. The van der Waals surface area contributed by atoms with Crippen LogP contribution < -0.4 is 16.9 Å². The van der Waals surface area contributed by atoms with Crippen molar-refractivity contribution in [2.24, 2.45) is 11.6 Å². The number of aliphatic carboxylic acids is 1. The molecule has 0 spiro atoms. The highest BCUT2D eigenvalue weighted by Gasteiger charge is 2.18. The normalized spacial score (nSPS) is 13.0.